The fourth-order valence-corrected chi connectivity index (χ4v) is 3.69. The van der Waals surface area contributed by atoms with Crippen molar-refractivity contribution in [2.24, 2.45) is 0 Å². The van der Waals surface area contributed by atoms with Crippen LogP contribution in [0.15, 0.2) is 40.1 Å². The molecule has 124 valence electrons. The van der Waals surface area contributed by atoms with Gasteiger partial charge in [0.1, 0.15) is 18.1 Å². The highest BCUT2D eigenvalue weighted by molar-refractivity contribution is 7.13. The lowest BCUT2D eigenvalue weighted by atomic mass is 10.2. The molecule has 0 saturated carbocycles. The van der Waals surface area contributed by atoms with Crippen molar-refractivity contribution in [3.63, 3.8) is 0 Å². The second kappa shape index (κ2) is 6.59. The van der Waals surface area contributed by atoms with Crippen LogP contribution in [0.4, 0.5) is 0 Å². The van der Waals surface area contributed by atoms with Crippen LogP contribution in [0.5, 0.6) is 5.75 Å². The minimum absolute atomic E-state index is 0.656. The summed E-state index contributed by atoms with van der Waals surface area (Å²) >= 11 is 7.76. The van der Waals surface area contributed by atoms with Gasteiger partial charge in [0.2, 0.25) is 5.89 Å². The maximum absolute atomic E-state index is 6.12. The molecule has 0 saturated heterocycles. The van der Waals surface area contributed by atoms with E-state index in [-0.39, 0.29) is 0 Å². The van der Waals surface area contributed by atoms with Crippen molar-refractivity contribution in [2.75, 3.05) is 13.2 Å². The van der Waals surface area contributed by atoms with Gasteiger partial charge in [-0.1, -0.05) is 17.7 Å². The van der Waals surface area contributed by atoms with E-state index >= 15 is 0 Å². The van der Waals surface area contributed by atoms with Gasteiger partial charge in [0.05, 0.1) is 10.6 Å². The minimum atomic E-state index is 0.656. The predicted molar refractivity (Wildman–Crippen MR) is 95.6 cm³/mol. The average molecular weight is 361 g/mol. The summed E-state index contributed by atoms with van der Waals surface area (Å²) < 4.78 is 11.7. The normalized spacial score (nSPS) is 14.9. The van der Waals surface area contributed by atoms with Gasteiger partial charge in [0.25, 0.3) is 0 Å². The van der Waals surface area contributed by atoms with Crippen molar-refractivity contribution in [3.8, 4) is 16.5 Å². The van der Waals surface area contributed by atoms with Gasteiger partial charge < -0.3 is 9.15 Å². The molecule has 4 rings (SSSR count). The van der Waals surface area contributed by atoms with Crippen LogP contribution < -0.4 is 4.74 Å². The Morgan fingerprint density at radius 1 is 1.33 bits per heavy atom. The zero-order chi connectivity index (χ0) is 16.5. The number of ether oxygens (including phenoxy) is 1. The fourth-order valence-electron chi connectivity index (χ4n) is 2.84. The largest absolute Gasteiger partial charge is 0.492 e. The van der Waals surface area contributed by atoms with Gasteiger partial charge in [-0.3, -0.25) is 4.90 Å². The third-order valence-corrected chi connectivity index (χ3v) is 5.17. The molecule has 24 heavy (non-hydrogen) atoms. The monoisotopic (exact) mass is 360 g/mol. The molecule has 0 amide bonds. The molecule has 3 heterocycles. The Hall–Kier alpha value is -1.82. The quantitative estimate of drug-likeness (QED) is 0.675. The van der Waals surface area contributed by atoms with E-state index in [0.29, 0.717) is 12.5 Å². The smallest absolute Gasteiger partial charge is 0.236 e. The molecule has 0 fully saturated rings. The number of oxazole rings is 1. The summed E-state index contributed by atoms with van der Waals surface area (Å²) in [5.74, 6) is 2.49. The van der Waals surface area contributed by atoms with E-state index in [2.05, 4.69) is 9.88 Å². The van der Waals surface area contributed by atoms with Crippen LogP contribution in [0, 0.1) is 6.92 Å². The molecule has 3 aromatic rings. The van der Waals surface area contributed by atoms with Crippen molar-refractivity contribution in [1.82, 2.24) is 9.88 Å². The van der Waals surface area contributed by atoms with Gasteiger partial charge in [-0.05, 0) is 36.6 Å². The molecule has 0 spiro atoms. The molecule has 0 atom stereocenters. The first-order chi connectivity index (χ1) is 11.7. The van der Waals surface area contributed by atoms with Crippen molar-refractivity contribution in [2.45, 2.75) is 20.0 Å². The van der Waals surface area contributed by atoms with E-state index in [9.17, 15) is 0 Å². The first-order valence-corrected chi connectivity index (χ1v) is 9.08. The van der Waals surface area contributed by atoms with E-state index in [1.54, 1.807) is 11.3 Å². The minimum Gasteiger partial charge on any atom is -0.492 e. The Morgan fingerprint density at radius 2 is 2.25 bits per heavy atom. The molecule has 0 bridgehead atoms. The zero-order valence-corrected chi connectivity index (χ0v) is 14.9. The molecule has 1 aromatic carbocycles. The average Bonchev–Trinajstić information content (AvgIpc) is 3.15. The summed E-state index contributed by atoms with van der Waals surface area (Å²) in [6.45, 7) is 4.99. The molecular weight excluding hydrogens is 344 g/mol. The molecule has 2 aromatic heterocycles. The molecule has 4 nitrogen and oxygen atoms in total. The Kier molecular flexibility index (Phi) is 4.31. The van der Waals surface area contributed by atoms with Gasteiger partial charge in [-0.2, -0.15) is 0 Å². The van der Waals surface area contributed by atoms with E-state index in [1.165, 1.54) is 0 Å². The highest BCUT2D eigenvalue weighted by Gasteiger charge is 2.19. The van der Waals surface area contributed by atoms with Gasteiger partial charge in [0, 0.05) is 30.2 Å². The number of benzene rings is 1. The summed E-state index contributed by atoms with van der Waals surface area (Å²) in [5, 5.41) is 2.76. The number of hydrogen-bond acceptors (Lipinski definition) is 5. The van der Waals surface area contributed by atoms with Crippen LogP contribution in [0.1, 0.15) is 17.0 Å². The molecule has 0 aliphatic carbocycles. The molecule has 6 heteroatoms. The van der Waals surface area contributed by atoms with Crippen LogP contribution in [0.2, 0.25) is 5.02 Å². The summed E-state index contributed by atoms with van der Waals surface area (Å²) in [5.41, 5.74) is 2.09. The number of fused-ring (bicyclic) bond motifs is 1. The number of thiophene rings is 1. The predicted octanol–water partition coefficient (Wildman–Crippen LogP) is 4.76. The van der Waals surface area contributed by atoms with Crippen molar-refractivity contribution in [1.29, 1.82) is 0 Å². The highest BCUT2D eigenvalue weighted by Crippen LogP contribution is 2.29. The standard InChI is InChI=1S/C18H17ClN2O2S/c1-12-15(20-18(23-12)17-3-2-8-24-17)11-21-6-7-22-16-5-4-14(19)9-13(16)10-21/h2-5,8-9H,6-7,10-11H2,1H3. The van der Waals surface area contributed by atoms with Gasteiger partial charge in [-0.25, -0.2) is 4.98 Å². The number of rotatable bonds is 3. The summed E-state index contributed by atoms with van der Waals surface area (Å²) in [7, 11) is 0. The lowest BCUT2D eigenvalue weighted by molar-refractivity contribution is 0.217. The van der Waals surface area contributed by atoms with E-state index < -0.39 is 0 Å². The van der Waals surface area contributed by atoms with Crippen molar-refractivity contribution < 1.29 is 9.15 Å². The maximum Gasteiger partial charge on any atom is 0.236 e. The second-order valence-electron chi connectivity index (χ2n) is 5.81. The number of halogens is 1. The third kappa shape index (κ3) is 3.20. The Labute approximate surface area is 149 Å². The van der Waals surface area contributed by atoms with E-state index in [1.807, 2.05) is 42.6 Å². The Morgan fingerprint density at radius 3 is 3.08 bits per heavy atom. The Bertz CT molecular complexity index is 845. The molecule has 1 aliphatic rings. The first kappa shape index (κ1) is 15.7. The third-order valence-electron chi connectivity index (χ3n) is 4.08. The van der Waals surface area contributed by atoms with Gasteiger partial charge in [-0.15, -0.1) is 11.3 Å². The topological polar surface area (TPSA) is 38.5 Å². The van der Waals surface area contributed by atoms with E-state index in [0.717, 1.165) is 52.3 Å². The molecular formula is C18H17ClN2O2S. The first-order valence-electron chi connectivity index (χ1n) is 7.83. The van der Waals surface area contributed by atoms with E-state index in [4.69, 9.17) is 20.8 Å². The SMILES string of the molecule is Cc1oc(-c2cccs2)nc1CN1CCOc2ccc(Cl)cc2C1. The van der Waals surface area contributed by atoms with Crippen molar-refractivity contribution in [3.05, 3.63) is 57.8 Å². The maximum atomic E-state index is 6.12. The summed E-state index contributed by atoms with van der Waals surface area (Å²) in [4.78, 5) is 8.05. The number of aryl methyl sites for hydroxylation is 1. The number of hydrogen-bond donors (Lipinski definition) is 0. The van der Waals surface area contributed by atoms with Crippen LogP contribution in [-0.4, -0.2) is 23.0 Å². The number of nitrogens with zero attached hydrogens (tertiary/aromatic N) is 2. The highest BCUT2D eigenvalue weighted by atomic mass is 35.5. The van der Waals surface area contributed by atoms with Crippen LogP contribution >= 0.6 is 22.9 Å². The van der Waals surface area contributed by atoms with Crippen LogP contribution in [0.3, 0.4) is 0 Å². The summed E-state index contributed by atoms with van der Waals surface area (Å²) in [6.07, 6.45) is 0. The lowest BCUT2D eigenvalue weighted by Crippen LogP contribution is -2.25. The van der Waals surface area contributed by atoms with Crippen LogP contribution in [0.25, 0.3) is 10.8 Å². The van der Waals surface area contributed by atoms with Gasteiger partial charge in [0.15, 0.2) is 0 Å². The molecule has 1 aliphatic heterocycles. The van der Waals surface area contributed by atoms with Gasteiger partial charge >= 0.3 is 0 Å². The fraction of sp³-hybridized carbons (Fsp3) is 0.278. The van der Waals surface area contributed by atoms with Crippen molar-refractivity contribution >= 4 is 22.9 Å². The summed E-state index contributed by atoms with van der Waals surface area (Å²) in [6, 6.07) is 9.81. The number of aromatic nitrogens is 1. The van der Waals surface area contributed by atoms with Crippen LogP contribution in [-0.2, 0) is 13.1 Å². The second-order valence-corrected chi connectivity index (χ2v) is 7.19. The molecule has 0 N–H and O–H groups in total. The molecule has 0 unspecified atom stereocenters. The lowest BCUT2D eigenvalue weighted by Gasteiger charge is -2.18. The zero-order valence-electron chi connectivity index (χ0n) is 13.3. The molecule has 0 radical (unpaired) electrons. The Balaban J connectivity index is 1.55.